The third-order valence-corrected chi connectivity index (χ3v) is 1.55. The molecule has 1 heterocycles. The third kappa shape index (κ3) is 1.54. The van der Waals surface area contributed by atoms with E-state index in [1.807, 2.05) is 6.92 Å². The molecule has 0 saturated carbocycles. The molecular formula is C7H9ClN2O. The van der Waals surface area contributed by atoms with Crippen molar-refractivity contribution in [3.63, 3.8) is 0 Å². The number of halogens is 1. The van der Waals surface area contributed by atoms with Gasteiger partial charge < -0.3 is 10.5 Å². The highest BCUT2D eigenvalue weighted by Gasteiger charge is 2.05. The van der Waals surface area contributed by atoms with E-state index in [0.29, 0.717) is 16.7 Å². The molecule has 0 bridgehead atoms. The molecule has 0 fully saturated rings. The number of aryl methyl sites for hydroxylation is 1. The van der Waals surface area contributed by atoms with E-state index in [1.54, 1.807) is 13.2 Å². The van der Waals surface area contributed by atoms with Crippen molar-refractivity contribution in [2.75, 3.05) is 12.8 Å². The lowest BCUT2D eigenvalue weighted by atomic mass is 10.3. The summed E-state index contributed by atoms with van der Waals surface area (Å²) >= 11 is 5.63. The van der Waals surface area contributed by atoms with Crippen LogP contribution in [0.25, 0.3) is 0 Å². The maximum absolute atomic E-state index is 5.63. The van der Waals surface area contributed by atoms with Crippen LogP contribution in [-0.4, -0.2) is 12.1 Å². The molecular weight excluding hydrogens is 164 g/mol. The van der Waals surface area contributed by atoms with Crippen molar-refractivity contribution in [3.05, 3.63) is 16.8 Å². The van der Waals surface area contributed by atoms with Crippen LogP contribution in [0.1, 0.15) is 5.56 Å². The Bertz CT molecular complexity index is 252. The molecule has 3 nitrogen and oxygen atoms in total. The van der Waals surface area contributed by atoms with Gasteiger partial charge in [0.15, 0.2) is 11.6 Å². The summed E-state index contributed by atoms with van der Waals surface area (Å²) in [6.45, 7) is 1.86. The Morgan fingerprint density at radius 2 is 2.27 bits per heavy atom. The van der Waals surface area contributed by atoms with E-state index >= 15 is 0 Å². The first-order valence-electron chi connectivity index (χ1n) is 3.11. The number of hydrogen-bond donors (Lipinski definition) is 1. The summed E-state index contributed by atoms with van der Waals surface area (Å²) in [6.07, 6.45) is 0. The Balaban J connectivity index is 3.25. The van der Waals surface area contributed by atoms with Crippen molar-refractivity contribution < 1.29 is 4.74 Å². The molecule has 0 radical (unpaired) electrons. The largest absolute Gasteiger partial charge is 0.493 e. The minimum Gasteiger partial charge on any atom is -0.493 e. The predicted molar refractivity (Wildman–Crippen MR) is 44.9 cm³/mol. The molecule has 0 unspecified atom stereocenters. The molecule has 1 aromatic heterocycles. The van der Waals surface area contributed by atoms with E-state index in [2.05, 4.69) is 4.98 Å². The minimum absolute atomic E-state index is 0.331. The molecule has 0 aromatic carbocycles. The summed E-state index contributed by atoms with van der Waals surface area (Å²) in [5.74, 6) is 0.923. The van der Waals surface area contributed by atoms with Gasteiger partial charge in [-0.05, 0) is 18.6 Å². The number of anilines is 1. The van der Waals surface area contributed by atoms with Gasteiger partial charge >= 0.3 is 0 Å². The van der Waals surface area contributed by atoms with Crippen molar-refractivity contribution in [1.29, 1.82) is 0 Å². The van der Waals surface area contributed by atoms with Crippen molar-refractivity contribution in [3.8, 4) is 5.75 Å². The van der Waals surface area contributed by atoms with Crippen LogP contribution in [0.3, 0.4) is 0 Å². The van der Waals surface area contributed by atoms with Crippen LogP contribution in [0.2, 0.25) is 5.15 Å². The zero-order valence-corrected chi connectivity index (χ0v) is 7.14. The summed E-state index contributed by atoms with van der Waals surface area (Å²) in [4.78, 5) is 3.82. The molecule has 0 saturated heterocycles. The highest BCUT2D eigenvalue weighted by atomic mass is 35.5. The summed E-state index contributed by atoms with van der Waals surface area (Å²) in [5, 5.41) is 0.390. The first-order chi connectivity index (χ1) is 5.15. The van der Waals surface area contributed by atoms with E-state index in [9.17, 15) is 0 Å². The minimum atomic E-state index is 0.331. The van der Waals surface area contributed by atoms with Crippen LogP contribution in [0.5, 0.6) is 5.75 Å². The quantitative estimate of drug-likeness (QED) is 0.656. The van der Waals surface area contributed by atoms with Crippen LogP contribution in [-0.2, 0) is 0 Å². The second kappa shape index (κ2) is 2.96. The maximum Gasteiger partial charge on any atom is 0.167 e. The molecule has 0 amide bonds. The van der Waals surface area contributed by atoms with Gasteiger partial charge in [-0.25, -0.2) is 4.98 Å². The Kier molecular flexibility index (Phi) is 2.19. The van der Waals surface area contributed by atoms with E-state index in [1.165, 1.54) is 0 Å². The number of pyridine rings is 1. The normalized spacial score (nSPS) is 9.73. The lowest BCUT2D eigenvalue weighted by Crippen LogP contribution is -1.97. The van der Waals surface area contributed by atoms with Crippen LogP contribution < -0.4 is 10.5 Å². The average Bonchev–Trinajstić information content (AvgIpc) is 1.85. The molecule has 0 atom stereocenters. The summed E-state index contributed by atoms with van der Waals surface area (Å²) in [7, 11) is 1.55. The van der Waals surface area contributed by atoms with E-state index in [4.69, 9.17) is 22.1 Å². The summed E-state index contributed by atoms with van der Waals surface area (Å²) < 4.78 is 4.98. The first-order valence-corrected chi connectivity index (χ1v) is 3.49. The fraction of sp³-hybridized carbons (Fsp3) is 0.286. The summed E-state index contributed by atoms with van der Waals surface area (Å²) in [5.41, 5.74) is 6.41. The molecule has 1 rings (SSSR count). The van der Waals surface area contributed by atoms with Crippen molar-refractivity contribution in [1.82, 2.24) is 4.98 Å². The first kappa shape index (κ1) is 8.14. The number of hydrogen-bond acceptors (Lipinski definition) is 3. The van der Waals surface area contributed by atoms with Crippen LogP contribution in [0.4, 0.5) is 5.82 Å². The van der Waals surface area contributed by atoms with Gasteiger partial charge in [-0.1, -0.05) is 11.6 Å². The van der Waals surface area contributed by atoms with E-state index in [0.717, 1.165) is 5.56 Å². The Hall–Kier alpha value is -0.960. The number of nitrogens with zero attached hydrogens (tertiary/aromatic N) is 1. The van der Waals surface area contributed by atoms with E-state index < -0.39 is 0 Å². The van der Waals surface area contributed by atoms with Gasteiger partial charge in [0, 0.05) is 0 Å². The number of methoxy groups -OCH3 is 1. The van der Waals surface area contributed by atoms with Crippen molar-refractivity contribution >= 4 is 17.4 Å². The molecule has 0 aliphatic carbocycles. The number of nitrogens with two attached hydrogens (primary N) is 1. The van der Waals surface area contributed by atoms with Gasteiger partial charge in [-0.15, -0.1) is 0 Å². The van der Waals surface area contributed by atoms with Crippen LogP contribution >= 0.6 is 11.6 Å². The predicted octanol–water partition coefficient (Wildman–Crippen LogP) is 1.63. The zero-order chi connectivity index (χ0) is 8.43. The van der Waals surface area contributed by atoms with Crippen molar-refractivity contribution in [2.24, 2.45) is 0 Å². The monoisotopic (exact) mass is 172 g/mol. The maximum atomic E-state index is 5.63. The van der Waals surface area contributed by atoms with Crippen LogP contribution in [0.15, 0.2) is 6.07 Å². The SMILES string of the molecule is COc1c(C)cc(Cl)nc1N. The fourth-order valence-electron chi connectivity index (χ4n) is 0.910. The topological polar surface area (TPSA) is 48.1 Å². The third-order valence-electron chi connectivity index (χ3n) is 1.36. The van der Waals surface area contributed by atoms with Gasteiger partial charge in [0.2, 0.25) is 0 Å². The second-order valence-corrected chi connectivity index (χ2v) is 2.57. The molecule has 11 heavy (non-hydrogen) atoms. The number of nitrogen functional groups attached to an aromatic ring is 1. The molecule has 2 N–H and O–H groups in total. The van der Waals surface area contributed by atoms with Gasteiger partial charge in [0.25, 0.3) is 0 Å². The van der Waals surface area contributed by atoms with Gasteiger partial charge in [0.05, 0.1) is 7.11 Å². The lowest BCUT2D eigenvalue weighted by molar-refractivity contribution is 0.412. The second-order valence-electron chi connectivity index (χ2n) is 2.18. The number of rotatable bonds is 1. The van der Waals surface area contributed by atoms with Gasteiger partial charge in [-0.2, -0.15) is 0 Å². The van der Waals surface area contributed by atoms with Gasteiger partial charge in [-0.3, -0.25) is 0 Å². The molecule has 1 aromatic rings. The lowest BCUT2D eigenvalue weighted by Gasteiger charge is -2.06. The van der Waals surface area contributed by atoms with Crippen LogP contribution in [0, 0.1) is 6.92 Å². The number of aromatic nitrogens is 1. The molecule has 60 valence electrons. The standard InChI is InChI=1S/C7H9ClN2O/c1-4-3-5(8)10-7(9)6(4)11-2/h3H,1-2H3,(H2,9,10). The fourth-order valence-corrected chi connectivity index (χ4v) is 1.16. The smallest absolute Gasteiger partial charge is 0.167 e. The molecule has 4 heteroatoms. The molecule has 0 aliphatic rings. The van der Waals surface area contributed by atoms with E-state index in [-0.39, 0.29) is 0 Å². The Labute approximate surface area is 70.1 Å². The Morgan fingerprint density at radius 3 is 2.73 bits per heavy atom. The molecule has 0 spiro atoms. The van der Waals surface area contributed by atoms with Gasteiger partial charge in [0.1, 0.15) is 5.15 Å². The zero-order valence-electron chi connectivity index (χ0n) is 6.39. The average molecular weight is 173 g/mol. The highest BCUT2D eigenvalue weighted by molar-refractivity contribution is 6.29. The summed E-state index contributed by atoms with van der Waals surface area (Å²) in [6, 6.07) is 1.71. The highest BCUT2D eigenvalue weighted by Crippen LogP contribution is 2.25. The molecule has 0 aliphatic heterocycles. The van der Waals surface area contributed by atoms with Crippen molar-refractivity contribution in [2.45, 2.75) is 6.92 Å². The Morgan fingerprint density at radius 1 is 1.64 bits per heavy atom. The number of ether oxygens (including phenoxy) is 1.